The number of hydrogen-bond acceptors (Lipinski definition) is 4. The van der Waals surface area contributed by atoms with Crippen molar-refractivity contribution in [1.29, 1.82) is 0 Å². The van der Waals surface area contributed by atoms with Crippen LogP contribution in [0.1, 0.15) is 56.4 Å². The summed E-state index contributed by atoms with van der Waals surface area (Å²) in [5.41, 5.74) is 9.44. The minimum absolute atomic E-state index is 0. The monoisotopic (exact) mass is 816 g/mol. The van der Waals surface area contributed by atoms with Gasteiger partial charge in [-0.2, -0.15) is 0 Å². The number of rotatable bonds is 7. The van der Waals surface area contributed by atoms with Crippen LogP contribution in [0.25, 0.3) is 44.6 Å². The molecule has 6 heteroatoms. The summed E-state index contributed by atoms with van der Waals surface area (Å²) in [6, 6.07) is 29.5. The zero-order chi connectivity index (χ0) is 32.3. The van der Waals surface area contributed by atoms with Crippen LogP contribution in [0.15, 0.2) is 83.5 Å². The fraction of sp³-hybridized carbons (Fsp3) is 0.341. The van der Waals surface area contributed by atoms with Gasteiger partial charge in [0.05, 0.1) is 13.7 Å². The second-order valence-corrected chi connectivity index (χ2v) is 19.3. The first kappa shape index (κ1) is 34.9. The van der Waals surface area contributed by atoms with Gasteiger partial charge in [0.1, 0.15) is 0 Å². The van der Waals surface area contributed by atoms with E-state index in [9.17, 15) is 0 Å². The summed E-state index contributed by atoms with van der Waals surface area (Å²) in [4.78, 5) is 13.8. The molecule has 1 aliphatic rings. The first-order valence-corrected chi connectivity index (χ1v) is 20.3. The van der Waals surface area contributed by atoms with Crippen LogP contribution < -0.4 is 5.19 Å². The van der Waals surface area contributed by atoms with Gasteiger partial charge in [-0.05, 0) is 66.4 Å². The largest absolute Gasteiger partial charge is 0.486 e. The molecule has 4 heterocycles. The average molecular weight is 816 g/mol. The third-order valence-corrected chi connectivity index (χ3v) is 11.0. The van der Waals surface area contributed by atoms with Crippen molar-refractivity contribution in [3.05, 3.63) is 108 Å². The number of benzene rings is 2. The zero-order valence-electron chi connectivity index (χ0n) is 28.5. The van der Waals surface area contributed by atoms with Gasteiger partial charge in [-0.15, -0.1) is 59.7 Å². The number of aryl methyl sites for hydroxylation is 1. The van der Waals surface area contributed by atoms with Gasteiger partial charge in [-0.3, -0.25) is 0 Å². The summed E-state index contributed by atoms with van der Waals surface area (Å²) >= 11 is 0. The molecule has 0 saturated heterocycles. The van der Waals surface area contributed by atoms with E-state index in [-0.39, 0.29) is 20.1 Å². The van der Waals surface area contributed by atoms with Crippen LogP contribution in [-0.2, 0) is 32.9 Å². The quantitative estimate of drug-likeness (QED) is 0.119. The molecular weight excluding hydrogens is 771 g/mol. The van der Waals surface area contributed by atoms with E-state index in [1.165, 1.54) is 42.0 Å². The van der Waals surface area contributed by atoms with E-state index >= 15 is 0 Å². The van der Waals surface area contributed by atoms with E-state index < -0.39 is 8.07 Å². The molecule has 245 valence electrons. The van der Waals surface area contributed by atoms with Gasteiger partial charge in [0.15, 0.2) is 0 Å². The van der Waals surface area contributed by atoms with E-state index in [4.69, 9.17) is 4.42 Å². The Kier molecular flexibility index (Phi) is 11.3. The molecule has 1 aliphatic carbocycles. The van der Waals surface area contributed by atoms with Crippen LogP contribution in [0.5, 0.6) is 0 Å². The van der Waals surface area contributed by atoms with Gasteiger partial charge in [0.2, 0.25) is 5.71 Å². The molecule has 47 heavy (non-hydrogen) atoms. The Labute approximate surface area is 294 Å². The Bertz CT molecular complexity index is 1940. The summed E-state index contributed by atoms with van der Waals surface area (Å²) in [5, 5.41) is 3.61. The number of fused-ring (bicyclic) bond motifs is 3. The Morgan fingerprint density at radius 3 is 2.40 bits per heavy atom. The molecule has 6 aromatic rings. The second-order valence-electron chi connectivity index (χ2n) is 14.3. The number of aromatic nitrogens is 3. The van der Waals surface area contributed by atoms with Gasteiger partial charge >= 0.3 is 0 Å². The molecule has 0 unspecified atom stereocenters. The predicted molar refractivity (Wildman–Crippen MR) is 194 cm³/mol. The van der Waals surface area contributed by atoms with Crippen LogP contribution >= 0.6 is 0 Å². The number of furan rings is 1. The van der Waals surface area contributed by atoms with Gasteiger partial charge in [0.25, 0.3) is 0 Å². The van der Waals surface area contributed by atoms with E-state index in [0.29, 0.717) is 11.6 Å². The van der Waals surface area contributed by atoms with Crippen molar-refractivity contribution < 1.29 is 24.5 Å². The summed E-state index contributed by atoms with van der Waals surface area (Å²) in [7, 11) is -1.34. The van der Waals surface area contributed by atoms with Crippen molar-refractivity contribution in [2.75, 3.05) is 0 Å². The molecule has 4 nitrogen and oxygen atoms in total. The van der Waals surface area contributed by atoms with Crippen molar-refractivity contribution in [1.82, 2.24) is 15.0 Å². The maximum atomic E-state index is 5.87. The summed E-state index contributed by atoms with van der Waals surface area (Å²) < 4.78 is 5.87. The zero-order valence-corrected chi connectivity index (χ0v) is 31.9. The SMILES string of the molecule is CC(C)Cc1cc(-c2[c-]cccc2)ncc1[Si](C)(C)C.Cc1ccc2c(n1)oc1c[c-]c(-c3cc(CC4CCCC4)ccn3)cc12.[Ir]. The van der Waals surface area contributed by atoms with E-state index in [1.54, 1.807) is 0 Å². The Morgan fingerprint density at radius 2 is 1.68 bits per heavy atom. The molecule has 1 fully saturated rings. The molecule has 0 N–H and O–H groups in total. The molecule has 0 spiro atoms. The summed E-state index contributed by atoms with van der Waals surface area (Å²) in [6.45, 7) is 13.7. The Morgan fingerprint density at radius 1 is 0.894 bits per heavy atom. The average Bonchev–Trinajstić information content (AvgIpc) is 3.68. The first-order valence-electron chi connectivity index (χ1n) is 16.8. The van der Waals surface area contributed by atoms with E-state index in [1.807, 2.05) is 43.5 Å². The topological polar surface area (TPSA) is 51.8 Å². The van der Waals surface area contributed by atoms with Crippen molar-refractivity contribution in [3.8, 4) is 22.5 Å². The fourth-order valence-electron chi connectivity index (χ4n) is 6.62. The van der Waals surface area contributed by atoms with Crippen molar-refractivity contribution in [2.24, 2.45) is 11.8 Å². The maximum Gasteiger partial charge on any atom is 0.216 e. The van der Waals surface area contributed by atoms with Gasteiger partial charge < -0.3 is 14.4 Å². The molecule has 7 rings (SSSR count). The van der Waals surface area contributed by atoms with Crippen LogP contribution in [0.2, 0.25) is 19.6 Å². The Hall–Kier alpha value is -3.44. The fourth-order valence-corrected chi connectivity index (χ4v) is 8.21. The molecular formula is C41H45IrN3OSi-2. The smallest absolute Gasteiger partial charge is 0.216 e. The minimum Gasteiger partial charge on any atom is -0.486 e. The molecule has 0 amide bonds. The van der Waals surface area contributed by atoms with Crippen molar-refractivity contribution in [3.63, 3.8) is 0 Å². The predicted octanol–water partition coefficient (Wildman–Crippen LogP) is 10.2. The normalized spacial score (nSPS) is 13.5. The third kappa shape index (κ3) is 8.54. The van der Waals surface area contributed by atoms with E-state index in [2.05, 4.69) is 103 Å². The molecule has 2 aromatic carbocycles. The third-order valence-electron chi connectivity index (χ3n) is 8.92. The van der Waals surface area contributed by atoms with Gasteiger partial charge in [-0.25, -0.2) is 4.98 Å². The van der Waals surface area contributed by atoms with Crippen LogP contribution in [0, 0.1) is 30.9 Å². The van der Waals surface area contributed by atoms with Gasteiger partial charge in [-0.1, -0.05) is 87.8 Å². The van der Waals surface area contributed by atoms with Crippen molar-refractivity contribution >= 4 is 35.3 Å². The second kappa shape index (κ2) is 15.2. The number of pyridine rings is 3. The van der Waals surface area contributed by atoms with Crippen LogP contribution in [-0.4, -0.2) is 23.0 Å². The summed E-state index contributed by atoms with van der Waals surface area (Å²) in [6.07, 6.45) is 11.8. The molecule has 0 atom stereocenters. The Balaban J connectivity index is 0.000000188. The molecule has 0 aliphatic heterocycles. The molecule has 0 bridgehead atoms. The standard InChI is InChI=1S/C23H21N2O.C18H24NSi.Ir/c1-15-6-8-19-20-14-18(7-9-22(20)26-23(19)25-15)21-13-17(10-11-24-21)12-16-4-2-3-5-16;1-14(2)11-16-12-17(15-9-7-6-8-10-15)19-13-18(16)20(3,4)5;/h6,8-11,13-14,16H,2-5,12H2,1H3;6-9,12-14H,11H2,1-5H3;/q2*-1;. The number of nitrogens with zero attached hydrogens (tertiary/aromatic N) is 3. The minimum atomic E-state index is -1.34. The molecule has 4 aromatic heterocycles. The van der Waals surface area contributed by atoms with Crippen molar-refractivity contribution in [2.45, 2.75) is 78.9 Å². The van der Waals surface area contributed by atoms with E-state index in [0.717, 1.165) is 63.3 Å². The summed E-state index contributed by atoms with van der Waals surface area (Å²) in [5.74, 6) is 1.50. The van der Waals surface area contributed by atoms with Gasteiger partial charge in [0, 0.05) is 43.6 Å². The molecule has 1 radical (unpaired) electrons. The molecule has 1 saturated carbocycles. The van der Waals surface area contributed by atoms with Crippen LogP contribution in [0.3, 0.4) is 0 Å². The number of hydrogen-bond donors (Lipinski definition) is 0. The maximum absolute atomic E-state index is 5.87. The first-order chi connectivity index (χ1) is 22.1. The van der Waals surface area contributed by atoms with Crippen LogP contribution in [0.4, 0.5) is 0 Å².